The quantitative estimate of drug-likeness (QED) is 0.370. The van der Waals surface area contributed by atoms with Crippen LogP contribution in [0.3, 0.4) is 0 Å². The molecule has 1 amide bonds. The van der Waals surface area contributed by atoms with Crippen molar-refractivity contribution >= 4 is 50.5 Å². The molecule has 3 N–H and O–H groups in total. The number of hydrogen-bond donors (Lipinski definition) is 2. The lowest BCUT2D eigenvalue weighted by atomic mass is 10.1. The van der Waals surface area contributed by atoms with Gasteiger partial charge in [0, 0.05) is 17.1 Å². The van der Waals surface area contributed by atoms with Gasteiger partial charge in [-0.3, -0.25) is 14.9 Å². The molecule has 2 heterocycles. The number of benzene rings is 1. The van der Waals surface area contributed by atoms with E-state index < -0.39 is 22.9 Å². The molecule has 1 atom stereocenters. The normalized spacial score (nSPS) is 11.8. The summed E-state index contributed by atoms with van der Waals surface area (Å²) in [7, 11) is 0. The number of rotatable bonds is 5. The number of carbonyl (C=O) groups excluding carboxylic acids is 2. The number of nitrogens with two attached hydrogens (primary N) is 1. The van der Waals surface area contributed by atoms with E-state index in [2.05, 4.69) is 10.3 Å². The number of hydrogen-bond acceptors (Lipinski definition) is 8. The third-order valence-electron chi connectivity index (χ3n) is 4.22. The van der Waals surface area contributed by atoms with Crippen LogP contribution in [-0.4, -0.2) is 27.9 Å². The zero-order valence-corrected chi connectivity index (χ0v) is 16.7. The van der Waals surface area contributed by atoms with Crippen molar-refractivity contribution in [2.24, 2.45) is 0 Å². The first-order chi connectivity index (χ1) is 13.7. The molecule has 0 bridgehead atoms. The lowest BCUT2D eigenvalue weighted by molar-refractivity contribution is -0.383. The van der Waals surface area contributed by atoms with Gasteiger partial charge < -0.3 is 15.8 Å². The zero-order valence-electron chi connectivity index (χ0n) is 15.9. The van der Waals surface area contributed by atoms with Crippen molar-refractivity contribution in [2.75, 3.05) is 11.1 Å². The topological polar surface area (TPSA) is 137 Å². The van der Waals surface area contributed by atoms with Crippen LogP contribution in [0.15, 0.2) is 30.3 Å². The second-order valence-corrected chi connectivity index (χ2v) is 7.42. The number of fused-ring (bicyclic) bond motifs is 1. The number of carbonyl (C=O) groups is 2. The molecule has 3 aromatic rings. The van der Waals surface area contributed by atoms with Gasteiger partial charge in [-0.1, -0.05) is 12.1 Å². The van der Waals surface area contributed by atoms with Gasteiger partial charge in [0.1, 0.15) is 15.4 Å². The number of pyridine rings is 1. The van der Waals surface area contributed by atoms with Crippen LogP contribution in [-0.2, 0) is 9.53 Å². The van der Waals surface area contributed by atoms with E-state index in [1.54, 1.807) is 6.07 Å². The summed E-state index contributed by atoms with van der Waals surface area (Å²) < 4.78 is 5.23. The van der Waals surface area contributed by atoms with Crippen LogP contribution in [0.4, 0.5) is 17.1 Å². The van der Waals surface area contributed by atoms with E-state index in [9.17, 15) is 19.7 Å². The fourth-order valence-corrected chi connectivity index (χ4v) is 3.96. The minimum atomic E-state index is -1.19. The van der Waals surface area contributed by atoms with Crippen molar-refractivity contribution in [3.63, 3.8) is 0 Å². The number of nitrogens with zero attached hydrogens (tertiary/aromatic N) is 2. The van der Waals surface area contributed by atoms with Crippen LogP contribution in [0, 0.1) is 24.0 Å². The second kappa shape index (κ2) is 7.84. The molecular formula is C19H18N4O5S. The SMILES string of the molecule is Cc1cc(C)c2c(N)c(C(=O)OC(C)C(=O)Nc3ccccc3[N+](=O)[O-])sc2n1. The van der Waals surface area contributed by atoms with Gasteiger partial charge in [0.25, 0.3) is 11.6 Å². The molecule has 2 aromatic heterocycles. The molecule has 0 aliphatic rings. The fraction of sp³-hybridized carbons (Fsp3) is 0.211. The van der Waals surface area contributed by atoms with Crippen molar-refractivity contribution < 1.29 is 19.2 Å². The Balaban J connectivity index is 1.78. The summed E-state index contributed by atoms with van der Waals surface area (Å²) >= 11 is 1.09. The average molecular weight is 414 g/mol. The molecule has 0 aliphatic heterocycles. The average Bonchev–Trinajstić information content (AvgIpc) is 2.98. The highest BCUT2D eigenvalue weighted by Crippen LogP contribution is 2.35. The standard InChI is InChI=1S/C19H18N4O5S/c1-9-8-10(2)21-18-14(9)15(20)16(29-18)19(25)28-11(3)17(24)22-12-6-4-5-7-13(12)23(26)27/h4-8,11H,20H2,1-3H3,(H,22,24). The number of nitrogen functional groups attached to an aromatic ring is 1. The van der Waals surface area contributed by atoms with E-state index in [0.29, 0.717) is 10.2 Å². The van der Waals surface area contributed by atoms with E-state index in [1.807, 2.05) is 19.9 Å². The molecular weight excluding hydrogens is 396 g/mol. The molecule has 3 rings (SSSR count). The van der Waals surface area contributed by atoms with Crippen LogP contribution in [0.5, 0.6) is 0 Å². The Morgan fingerprint density at radius 2 is 2.00 bits per heavy atom. The molecule has 0 aliphatic carbocycles. The van der Waals surface area contributed by atoms with Crippen LogP contribution in [0.25, 0.3) is 10.2 Å². The molecule has 29 heavy (non-hydrogen) atoms. The lowest BCUT2D eigenvalue weighted by Gasteiger charge is -2.13. The number of anilines is 2. The molecule has 0 saturated heterocycles. The number of amides is 1. The minimum Gasteiger partial charge on any atom is -0.448 e. The van der Waals surface area contributed by atoms with Crippen molar-refractivity contribution in [3.8, 4) is 0 Å². The minimum absolute atomic E-state index is 0.0158. The Labute approximate surface area is 169 Å². The maximum Gasteiger partial charge on any atom is 0.351 e. The van der Waals surface area contributed by atoms with E-state index in [0.717, 1.165) is 22.6 Å². The van der Waals surface area contributed by atoms with Crippen molar-refractivity contribution in [2.45, 2.75) is 26.9 Å². The molecule has 1 unspecified atom stereocenters. The highest BCUT2D eigenvalue weighted by atomic mass is 32.1. The van der Waals surface area contributed by atoms with Gasteiger partial charge >= 0.3 is 5.97 Å². The third-order valence-corrected chi connectivity index (χ3v) is 5.30. The summed E-state index contributed by atoms with van der Waals surface area (Å²) in [6, 6.07) is 7.56. The molecule has 9 nitrogen and oxygen atoms in total. The third kappa shape index (κ3) is 4.02. The first-order valence-electron chi connectivity index (χ1n) is 8.60. The first-order valence-corrected chi connectivity index (χ1v) is 9.42. The second-order valence-electron chi connectivity index (χ2n) is 6.42. The number of nitro groups is 1. The van der Waals surface area contributed by atoms with Gasteiger partial charge in [0.15, 0.2) is 6.10 Å². The Kier molecular flexibility index (Phi) is 5.46. The Morgan fingerprint density at radius 1 is 1.31 bits per heavy atom. The molecule has 150 valence electrons. The number of para-hydroxylation sites is 2. The molecule has 10 heteroatoms. The number of thiophene rings is 1. The van der Waals surface area contributed by atoms with Crippen LogP contribution in [0.2, 0.25) is 0 Å². The maximum absolute atomic E-state index is 12.6. The molecule has 1 aromatic carbocycles. The van der Waals surface area contributed by atoms with Crippen molar-refractivity contribution in [1.29, 1.82) is 0 Å². The van der Waals surface area contributed by atoms with Gasteiger partial charge in [0.05, 0.1) is 10.6 Å². The van der Waals surface area contributed by atoms with Gasteiger partial charge in [-0.25, -0.2) is 9.78 Å². The van der Waals surface area contributed by atoms with E-state index in [1.165, 1.54) is 25.1 Å². The largest absolute Gasteiger partial charge is 0.448 e. The van der Waals surface area contributed by atoms with Gasteiger partial charge in [-0.15, -0.1) is 11.3 Å². The van der Waals surface area contributed by atoms with Gasteiger partial charge in [-0.05, 0) is 38.5 Å². The number of nitro benzene ring substituents is 1. The zero-order chi connectivity index (χ0) is 21.3. The summed E-state index contributed by atoms with van der Waals surface area (Å²) in [5, 5.41) is 14.2. The Bertz CT molecular complexity index is 1140. The van der Waals surface area contributed by atoms with Gasteiger partial charge in [-0.2, -0.15) is 0 Å². The Hall–Kier alpha value is -3.53. The number of nitrogens with one attached hydrogen (secondary N) is 1. The highest BCUT2D eigenvalue weighted by Gasteiger charge is 2.25. The fourth-order valence-electron chi connectivity index (χ4n) is 2.86. The maximum atomic E-state index is 12.6. The van der Waals surface area contributed by atoms with Crippen LogP contribution < -0.4 is 11.1 Å². The van der Waals surface area contributed by atoms with E-state index in [4.69, 9.17) is 10.5 Å². The first kappa shape index (κ1) is 20.2. The highest BCUT2D eigenvalue weighted by molar-refractivity contribution is 7.21. The van der Waals surface area contributed by atoms with Crippen LogP contribution >= 0.6 is 11.3 Å². The molecule has 0 radical (unpaired) electrons. The summed E-state index contributed by atoms with van der Waals surface area (Å²) in [6.45, 7) is 5.09. The molecule has 0 saturated carbocycles. The number of ether oxygens (including phenoxy) is 1. The monoisotopic (exact) mass is 414 g/mol. The number of esters is 1. The predicted octanol–water partition coefficient (Wildman–Crippen LogP) is 3.59. The van der Waals surface area contributed by atoms with E-state index in [-0.39, 0.29) is 21.9 Å². The number of aromatic nitrogens is 1. The summed E-state index contributed by atoms with van der Waals surface area (Å²) in [5.41, 5.74) is 7.82. The molecule has 0 fully saturated rings. The smallest absolute Gasteiger partial charge is 0.351 e. The lowest BCUT2D eigenvalue weighted by Crippen LogP contribution is -2.30. The summed E-state index contributed by atoms with van der Waals surface area (Å²) in [5.74, 6) is -1.45. The van der Waals surface area contributed by atoms with Crippen molar-refractivity contribution in [1.82, 2.24) is 4.98 Å². The molecule has 0 spiro atoms. The summed E-state index contributed by atoms with van der Waals surface area (Å²) in [4.78, 5) is 40.5. The van der Waals surface area contributed by atoms with Crippen molar-refractivity contribution in [3.05, 3.63) is 56.6 Å². The summed E-state index contributed by atoms with van der Waals surface area (Å²) in [6.07, 6.45) is -1.19. The Morgan fingerprint density at radius 3 is 2.69 bits per heavy atom. The van der Waals surface area contributed by atoms with Gasteiger partial charge in [0.2, 0.25) is 0 Å². The predicted molar refractivity (Wildman–Crippen MR) is 110 cm³/mol. The number of aryl methyl sites for hydroxylation is 2. The van der Waals surface area contributed by atoms with Crippen LogP contribution in [0.1, 0.15) is 27.9 Å². The van der Waals surface area contributed by atoms with E-state index >= 15 is 0 Å².